The molecule has 1 aliphatic rings. The highest BCUT2D eigenvalue weighted by molar-refractivity contribution is 5.22. The van der Waals surface area contributed by atoms with E-state index in [0.29, 0.717) is 0 Å². The Hall–Kier alpha value is -0.900. The Balaban J connectivity index is 0.000000829. The normalized spacial score (nSPS) is 14.7. The van der Waals surface area contributed by atoms with Crippen molar-refractivity contribution in [1.29, 1.82) is 0 Å². The number of nitrogens with two attached hydrogens (primary N) is 2. The van der Waals surface area contributed by atoms with E-state index in [1.165, 1.54) is 50.5 Å². The zero-order valence-corrected chi connectivity index (χ0v) is 13.6. The van der Waals surface area contributed by atoms with Gasteiger partial charge in [-0.25, -0.2) is 0 Å². The Morgan fingerprint density at radius 1 is 0.900 bits per heavy atom. The van der Waals surface area contributed by atoms with E-state index < -0.39 is 0 Å². The molecule has 1 fully saturated rings. The molecule has 3 nitrogen and oxygen atoms in total. The van der Waals surface area contributed by atoms with Crippen LogP contribution < -0.4 is 11.5 Å². The summed E-state index contributed by atoms with van der Waals surface area (Å²) < 4.78 is 0. The number of likely N-dealkylation sites (tertiary alicyclic amines) is 1. The van der Waals surface area contributed by atoms with Gasteiger partial charge < -0.3 is 11.5 Å². The molecule has 0 atom stereocenters. The Labute approximate surface area is 125 Å². The van der Waals surface area contributed by atoms with Crippen molar-refractivity contribution in [1.82, 2.24) is 4.90 Å². The van der Waals surface area contributed by atoms with Gasteiger partial charge in [-0.1, -0.05) is 44.5 Å². The lowest BCUT2D eigenvalue weighted by molar-refractivity contribution is 0.221. The molecule has 0 spiro atoms. The van der Waals surface area contributed by atoms with Gasteiger partial charge >= 0.3 is 0 Å². The van der Waals surface area contributed by atoms with E-state index in [4.69, 9.17) is 5.73 Å². The average Bonchev–Trinajstić information content (AvgIpc) is 2.54. The molecule has 1 aromatic carbocycles. The molecule has 20 heavy (non-hydrogen) atoms. The van der Waals surface area contributed by atoms with Gasteiger partial charge in [-0.2, -0.15) is 0 Å². The molecule has 0 amide bonds. The number of hydrogen-bond acceptors (Lipinski definition) is 3. The molecular formula is C17H33N3. The molecule has 1 heterocycles. The number of rotatable bonds is 4. The molecule has 4 N–H and O–H groups in total. The molecule has 0 radical (unpaired) electrons. The summed E-state index contributed by atoms with van der Waals surface area (Å²) in [6, 6.07) is 8.93. The fourth-order valence-electron chi connectivity index (χ4n) is 2.35. The van der Waals surface area contributed by atoms with Crippen molar-refractivity contribution < 1.29 is 0 Å². The van der Waals surface area contributed by atoms with Crippen molar-refractivity contribution in [3.05, 3.63) is 35.4 Å². The summed E-state index contributed by atoms with van der Waals surface area (Å²) in [5.74, 6) is 0. The van der Waals surface area contributed by atoms with E-state index >= 15 is 0 Å². The molecule has 1 aromatic rings. The van der Waals surface area contributed by atoms with Crippen molar-refractivity contribution in [3.8, 4) is 0 Å². The van der Waals surface area contributed by atoms with Crippen LogP contribution in [0.25, 0.3) is 0 Å². The molecule has 0 aromatic heterocycles. The van der Waals surface area contributed by atoms with Crippen LogP contribution in [0.4, 0.5) is 0 Å². The van der Waals surface area contributed by atoms with Gasteiger partial charge in [0.15, 0.2) is 0 Å². The van der Waals surface area contributed by atoms with E-state index in [1.807, 2.05) is 13.8 Å². The van der Waals surface area contributed by atoms with Crippen LogP contribution in [0, 0.1) is 0 Å². The van der Waals surface area contributed by atoms with Gasteiger partial charge in [0, 0.05) is 6.54 Å². The number of nitrogens with zero attached hydrogens (tertiary/aromatic N) is 1. The number of benzene rings is 1. The Bertz CT molecular complexity index is 303. The Morgan fingerprint density at radius 3 is 1.90 bits per heavy atom. The van der Waals surface area contributed by atoms with Gasteiger partial charge in [-0.3, -0.25) is 4.90 Å². The Morgan fingerprint density at radius 2 is 1.40 bits per heavy atom. The molecule has 0 aliphatic carbocycles. The predicted octanol–water partition coefficient (Wildman–Crippen LogP) is 2.77. The minimum absolute atomic E-state index is 0.742. The first-order valence-corrected chi connectivity index (χ1v) is 7.96. The van der Waals surface area contributed by atoms with Gasteiger partial charge in [0.1, 0.15) is 0 Å². The van der Waals surface area contributed by atoms with Gasteiger partial charge in [0.2, 0.25) is 0 Å². The van der Waals surface area contributed by atoms with E-state index in [9.17, 15) is 0 Å². The van der Waals surface area contributed by atoms with Crippen molar-refractivity contribution in [2.75, 3.05) is 26.7 Å². The summed E-state index contributed by atoms with van der Waals surface area (Å²) in [6.07, 6.45) is 5.13. The van der Waals surface area contributed by atoms with Crippen LogP contribution in [0.15, 0.2) is 24.3 Å². The third-order valence-corrected chi connectivity index (χ3v) is 3.31. The molecule has 3 heteroatoms. The fourth-order valence-corrected chi connectivity index (χ4v) is 2.35. The quantitative estimate of drug-likeness (QED) is 0.891. The average molecular weight is 279 g/mol. The summed E-state index contributed by atoms with van der Waals surface area (Å²) in [5.41, 5.74) is 12.8. The van der Waals surface area contributed by atoms with E-state index in [0.717, 1.165) is 19.5 Å². The topological polar surface area (TPSA) is 55.3 Å². The molecule has 0 saturated carbocycles. The van der Waals surface area contributed by atoms with Crippen LogP contribution in [-0.4, -0.2) is 31.6 Å². The summed E-state index contributed by atoms with van der Waals surface area (Å²) in [7, 11) is 1.50. The monoisotopic (exact) mass is 279 g/mol. The summed E-state index contributed by atoms with van der Waals surface area (Å²) in [4.78, 5) is 2.56. The van der Waals surface area contributed by atoms with Gasteiger partial charge in [0.25, 0.3) is 0 Å². The Kier molecular flexibility index (Phi) is 12.5. The van der Waals surface area contributed by atoms with Crippen LogP contribution in [-0.2, 0) is 13.0 Å². The first kappa shape index (κ1) is 19.1. The first-order valence-electron chi connectivity index (χ1n) is 7.96. The molecule has 1 saturated heterocycles. The van der Waals surface area contributed by atoms with Crippen LogP contribution in [0.1, 0.15) is 44.2 Å². The fraction of sp³-hybridized carbons (Fsp3) is 0.647. The molecule has 0 bridgehead atoms. The summed E-state index contributed by atoms with van der Waals surface area (Å²) in [5, 5.41) is 0. The van der Waals surface area contributed by atoms with Crippen molar-refractivity contribution in [2.24, 2.45) is 11.5 Å². The highest BCUT2D eigenvalue weighted by atomic mass is 15.1. The molecular weight excluding hydrogens is 246 g/mol. The van der Waals surface area contributed by atoms with Crippen LogP contribution >= 0.6 is 0 Å². The lowest BCUT2D eigenvalue weighted by Crippen LogP contribution is -2.29. The zero-order chi connectivity index (χ0) is 15.2. The summed E-state index contributed by atoms with van der Waals surface area (Å²) >= 11 is 0. The molecule has 116 valence electrons. The third kappa shape index (κ3) is 7.63. The van der Waals surface area contributed by atoms with Gasteiger partial charge in [-0.05, 0) is 57.1 Å². The maximum Gasteiger partial charge on any atom is 0.0233 e. The largest absolute Gasteiger partial charge is 0.333 e. The lowest BCUT2D eigenvalue weighted by atomic mass is 10.1. The standard InChI is InChI=1S/C14H22N2.C2H6.CH5N/c15-9-8-13-4-6-14(7-5-13)12-16-10-2-1-3-11-16;2*1-2/h4-7H,1-3,8-12,15H2;1-2H3;2H2,1H3. The van der Waals surface area contributed by atoms with Crippen molar-refractivity contribution >= 4 is 0 Å². The second-order valence-electron chi connectivity index (χ2n) is 4.69. The number of piperidine rings is 1. The minimum atomic E-state index is 0.742. The predicted molar refractivity (Wildman–Crippen MR) is 89.8 cm³/mol. The minimum Gasteiger partial charge on any atom is -0.333 e. The zero-order valence-electron chi connectivity index (χ0n) is 13.6. The van der Waals surface area contributed by atoms with Crippen LogP contribution in [0.5, 0.6) is 0 Å². The smallest absolute Gasteiger partial charge is 0.0233 e. The number of hydrogen-bond donors (Lipinski definition) is 2. The molecule has 0 unspecified atom stereocenters. The van der Waals surface area contributed by atoms with Crippen LogP contribution in [0.3, 0.4) is 0 Å². The lowest BCUT2D eigenvalue weighted by Gasteiger charge is -2.26. The SMILES string of the molecule is CC.CN.NCCc1ccc(CN2CCCCC2)cc1. The second-order valence-corrected chi connectivity index (χ2v) is 4.69. The van der Waals surface area contributed by atoms with Gasteiger partial charge in [0.05, 0.1) is 0 Å². The van der Waals surface area contributed by atoms with E-state index in [2.05, 4.69) is 34.9 Å². The highest BCUT2D eigenvalue weighted by Gasteiger charge is 2.09. The third-order valence-electron chi connectivity index (χ3n) is 3.31. The van der Waals surface area contributed by atoms with Gasteiger partial charge in [-0.15, -0.1) is 0 Å². The van der Waals surface area contributed by atoms with E-state index in [-0.39, 0.29) is 0 Å². The van der Waals surface area contributed by atoms with Crippen molar-refractivity contribution in [2.45, 2.75) is 46.1 Å². The van der Waals surface area contributed by atoms with Crippen LogP contribution in [0.2, 0.25) is 0 Å². The van der Waals surface area contributed by atoms with E-state index in [1.54, 1.807) is 0 Å². The maximum atomic E-state index is 5.54. The van der Waals surface area contributed by atoms with Crippen molar-refractivity contribution in [3.63, 3.8) is 0 Å². The molecule has 1 aliphatic heterocycles. The molecule has 2 rings (SSSR count). The highest BCUT2D eigenvalue weighted by Crippen LogP contribution is 2.13. The maximum absolute atomic E-state index is 5.54. The first-order chi connectivity index (χ1) is 9.88. The summed E-state index contributed by atoms with van der Waals surface area (Å²) in [6.45, 7) is 8.39. The second kappa shape index (κ2) is 13.1.